The number of hydrogen-bond donors (Lipinski definition) is 2. The lowest BCUT2D eigenvalue weighted by Crippen LogP contribution is -2.21. The van der Waals surface area contributed by atoms with Gasteiger partial charge in [-0.2, -0.15) is 5.10 Å². The van der Waals surface area contributed by atoms with Crippen molar-refractivity contribution in [3.63, 3.8) is 0 Å². The summed E-state index contributed by atoms with van der Waals surface area (Å²) in [7, 11) is 4.70. The summed E-state index contributed by atoms with van der Waals surface area (Å²) in [4.78, 5) is 29.8. The highest BCUT2D eigenvalue weighted by molar-refractivity contribution is 5.92. The Labute approximate surface area is 179 Å². The van der Waals surface area contributed by atoms with Gasteiger partial charge < -0.3 is 14.8 Å². The van der Waals surface area contributed by atoms with Gasteiger partial charge >= 0.3 is 0 Å². The topological polar surface area (TPSA) is 111 Å². The summed E-state index contributed by atoms with van der Waals surface area (Å²) in [5, 5.41) is 10.7. The molecule has 2 N–H and O–H groups in total. The molecule has 1 saturated carbocycles. The molecule has 0 spiro atoms. The first-order valence-electron chi connectivity index (χ1n) is 10.5. The van der Waals surface area contributed by atoms with Crippen LogP contribution in [-0.2, 0) is 16.6 Å². The fraction of sp³-hybridized carbons (Fsp3) is 0.455. The number of amides is 1. The van der Waals surface area contributed by atoms with E-state index in [9.17, 15) is 9.59 Å². The number of aromatic nitrogens is 4. The number of carbonyl (C=O) groups excluding carboxylic acids is 1. The Hall–Kier alpha value is -3.20. The smallest absolute Gasteiger partial charge is 0.264 e. The third-order valence-corrected chi connectivity index (χ3v) is 5.84. The van der Waals surface area contributed by atoms with Gasteiger partial charge in [0.05, 0.1) is 18.4 Å². The molecule has 0 saturated heterocycles. The van der Waals surface area contributed by atoms with E-state index in [1.807, 2.05) is 0 Å². The zero-order valence-electron chi connectivity index (χ0n) is 18.0. The molecule has 0 bridgehead atoms. The largest absolute Gasteiger partial charge is 0.496 e. The van der Waals surface area contributed by atoms with Crippen molar-refractivity contribution in [2.24, 2.45) is 7.05 Å². The van der Waals surface area contributed by atoms with Crippen molar-refractivity contribution in [3.05, 3.63) is 34.2 Å². The number of anilines is 1. The van der Waals surface area contributed by atoms with Crippen LogP contribution in [0.4, 0.5) is 5.69 Å². The molecule has 1 fully saturated rings. The van der Waals surface area contributed by atoms with Crippen molar-refractivity contribution < 1.29 is 14.3 Å². The van der Waals surface area contributed by atoms with Gasteiger partial charge in [-0.15, -0.1) is 0 Å². The summed E-state index contributed by atoms with van der Waals surface area (Å²) in [6, 6.07) is 5.20. The number of benzene rings is 1. The Morgan fingerprint density at radius 2 is 2.03 bits per heavy atom. The minimum absolute atomic E-state index is 0.0424. The SMILES string of the molecule is COCC(=O)Nc1ccc(-c2nc3n[nH]c(C4CCCCC4)c3c(=O)n2C)c(OC)c1. The van der Waals surface area contributed by atoms with Gasteiger partial charge in [0.25, 0.3) is 5.56 Å². The van der Waals surface area contributed by atoms with Gasteiger partial charge in [0.15, 0.2) is 5.65 Å². The van der Waals surface area contributed by atoms with Crippen LogP contribution < -0.4 is 15.6 Å². The maximum absolute atomic E-state index is 13.3. The van der Waals surface area contributed by atoms with Gasteiger partial charge in [0.2, 0.25) is 5.91 Å². The Bertz CT molecular complexity index is 1160. The Morgan fingerprint density at radius 1 is 1.26 bits per heavy atom. The van der Waals surface area contributed by atoms with Gasteiger partial charge in [-0.05, 0) is 25.0 Å². The van der Waals surface area contributed by atoms with Crippen molar-refractivity contribution in [2.45, 2.75) is 38.0 Å². The maximum Gasteiger partial charge on any atom is 0.264 e. The van der Waals surface area contributed by atoms with Crippen LogP contribution in [0.2, 0.25) is 0 Å². The van der Waals surface area contributed by atoms with Crippen LogP contribution in [0.1, 0.15) is 43.7 Å². The van der Waals surface area contributed by atoms with Crippen LogP contribution in [-0.4, -0.2) is 46.5 Å². The van der Waals surface area contributed by atoms with Gasteiger partial charge in [0, 0.05) is 31.8 Å². The first kappa shape index (κ1) is 21.0. The zero-order valence-corrected chi connectivity index (χ0v) is 18.0. The van der Waals surface area contributed by atoms with E-state index >= 15 is 0 Å². The number of nitrogens with one attached hydrogen (secondary N) is 2. The lowest BCUT2D eigenvalue weighted by molar-refractivity contribution is -0.119. The van der Waals surface area contributed by atoms with Gasteiger partial charge in [0.1, 0.15) is 23.6 Å². The van der Waals surface area contributed by atoms with Crippen LogP contribution in [0, 0.1) is 0 Å². The van der Waals surface area contributed by atoms with E-state index in [4.69, 9.17) is 9.47 Å². The molecule has 2 heterocycles. The van der Waals surface area contributed by atoms with Gasteiger partial charge in [-0.3, -0.25) is 19.3 Å². The maximum atomic E-state index is 13.3. The molecule has 0 aliphatic heterocycles. The van der Waals surface area contributed by atoms with E-state index in [1.54, 1.807) is 25.2 Å². The normalized spacial score (nSPS) is 14.7. The molecule has 1 aromatic carbocycles. The quantitative estimate of drug-likeness (QED) is 0.628. The Morgan fingerprint density at radius 3 is 2.74 bits per heavy atom. The molecular formula is C22H27N5O4. The first-order chi connectivity index (χ1) is 15.0. The molecule has 4 rings (SSSR count). The third-order valence-electron chi connectivity index (χ3n) is 5.84. The summed E-state index contributed by atoms with van der Waals surface area (Å²) in [6.07, 6.45) is 5.70. The number of carbonyl (C=O) groups is 1. The van der Waals surface area contributed by atoms with Gasteiger partial charge in [-0.25, -0.2) is 4.98 Å². The fourth-order valence-corrected chi connectivity index (χ4v) is 4.29. The predicted molar refractivity (Wildman–Crippen MR) is 117 cm³/mol. The molecule has 1 aliphatic rings. The van der Waals surface area contributed by atoms with E-state index in [1.165, 1.54) is 38.0 Å². The summed E-state index contributed by atoms with van der Waals surface area (Å²) in [5.41, 5.74) is 2.38. The van der Waals surface area contributed by atoms with Crippen molar-refractivity contribution >= 4 is 22.6 Å². The Kier molecular flexibility index (Phi) is 6.03. The monoisotopic (exact) mass is 425 g/mol. The first-order valence-corrected chi connectivity index (χ1v) is 10.5. The molecular weight excluding hydrogens is 398 g/mol. The van der Waals surface area contributed by atoms with E-state index in [2.05, 4.69) is 20.5 Å². The highest BCUT2D eigenvalue weighted by Gasteiger charge is 2.24. The van der Waals surface area contributed by atoms with Crippen LogP contribution in [0.3, 0.4) is 0 Å². The van der Waals surface area contributed by atoms with E-state index in [0.717, 1.165) is 18.5 Å². The van der Waals surface area contributed by atoms with Crippen molar-refractivity contribution in [1.29, 1.82) is 0 Å². The summed E-state index contributed by atoms with van der Waals surface area (Å²) < 4.78 is 11.9. The second-order valence-electron chi connectivity index (χ2n) is 7.87. The summed E-state index contributed by atoms with van der Waals surface area (Å²) in [5.74, 6) is 0.991. The Balaban J connectivity index is 1.75. The van der Waals surface area contributed by atoms with Crippen molar-refractivity contribution in [3.8, 4) is 17.1 Å². The number of hydrogen-bond acceptors (Lipinski definition) is 6. The van der Waals surface area contributed by atoms with Crippen molar-refractivity contribution in [1.82, 2.24) is 19.7 Å². The summed E-state index contributed by atoms with van der Waals surface area (Å²) in [6.45, 7) is -0.0424. The minimum atomic E-state index is -0.268. The number of H-pyrrole nitrogens is 1. The van der Waals surface area contributed by atoms with Crippen molar-refractivity contribution in [2.75, 3.05) is 26.1 Å². The zero-order chi connectivity index (χ0) is 22.0. The molecule has 3 aromatic rings. The fourth-order valence-electron chi connectivity index (χ4n) is 4.29. The molecule has 9 heteroatoms. The number of nitrogens with zero attached hydrogens (tertiary/aromatic N) is 3. The molecule has 31 heavy (non-hydrogen) atoms. The molecule has 1 amide bonds. The third kappa shape index (κ3) is 4.05. The lowest BCUT2D eigenvalue weighted by atomic mass is 9.86. The number of aromatic amines is 1. The van der Waals surface area contributed by atoms with E-state index in [-0.39, 0.29) is 18.1 Å². The lowest BCUT2D eigenvalue weighted by Gasteiger charge is -2.20. The highest BCUT2D eigenvalue weighted by atomic mass is 16.5. The average molecular weight is 425 g/mol. The minimum Gasteiger partial charge on any atom is -0.496 e. The molecule has 9 nitrogen and oxygen atoms in total. The number of fused-ring (bicyclic) bond motifs is 1. The standard InChI is InChI=1S/C22H27N5O4/c1-27-21(15-10-9-14(11-16(15)31-3)23-17(28)12-30-2)24-20-18(22(27)29)19(25-26-20)13-7-5-4-6-8-13/h9-11,13H,4-8,12H2,1-3H3,(H,23,28)(H,25,26). The van der Waals surface area contributed by atoms with Crippen LogP contribution in [0.5, 0.6) is 5.75 Å². The molecule has 164 valence electrons. The number of ether oxygens (including phenoxy) is 2. The molecule has 2 aromatic heterocycles. The number of methoxy groups -OCH3 is 2. The number of rotatable bonds is 6. The predicted octanol–water partition coefficient (Wildman–Crippen LogP) is 2.96. The molecule has 1 aliphatic carbocycles. The van der Waals surface area contributed by atoms with Gasteiger partial charge in [-0.1, -0.05) is 19.3 Å². The average Bonchev–Trinajstić information content (AvgIpc) is 3.21. The highest BCUT2D eigenvalue weighted by Crippen LogP contribution is 2.35. The van der Waals surface area contributed by atoms with E-state index < -0.39 is 0 Å². The molecule has 0 radical (unpaired) electrons. The molecule has 0 unspecified atom stereocenters. The molecule has 0 atom stereocenters. The van der Waals surface area contributed by atoms with Crippen LogP contribution >= 0.6 is 0 Å². The van der Waals surface area contributed by atoms with Crippen LogP contribution in [0.15, 0.2) is 23.0 Å². The second kappa shape index (κ2) is 8.89. The van der Waals surface area contributed by atoms with E-state index in [0.29, 0.717) is 39.8 Å². The second-order valence-corrected chi connectivity index (χ2v) is 7.87. The van der Waals surface area contributed by atoms with Crippen LogP contribution in [0.25, 0.3) is 22.4 Å². The summed E-state index contributed by atoms with van der Waals surface area (Å²) >= 11 is 0.